The summed E-state index contributed by atoms with van der Waals surface area (Å²) in [6, 6.07) is 8.61. The number of benzene rings is 1. The van der Waals surface area contributed by atoms with Gasteiger partial charge < -0.3 is 5.11 Å². The average molecular weight is 240 g/mol. The lowest BCUT2D eigenvalue weighted by atomic mass is 9.90. The summed E-state index contributed by atoms with van der Waals surface area (Å²) < 4.78 is 0. The molecule has 0 aromatic heterocycles. The largest absolute Gasteiger partial charge is 0.393 e. The molecular weight excluding hydrogens is 222 g/mol. The van der Waals surface area contributed by atoms with E-state index < -0.39 is 0 Å². The minimum atomic E-state index is -0.199. The zero-order valence-corrected chi connectivity index (χ0v) is 10.5. The number of piperidine rings is 1. The van der Waals surface area contributed by atoms with E-state index in [-0.39, 0.29) is 12.1 Å². The fourth-order valence-electron chi connectivity index (χ4n) is 2.47. The van der Waals surface area contributed by atoms with Crippen molar-refractivity contribution in [3.63, 3.8) is 0 Å². The van der Waals surface area contributed by atoms with E-state index in [1.54, 1.807) is 0 Å². The Kier molecular flexibility index (Phi) is 3.53. The summed E-state index contributed by atoms with van der Waals surface area (Å²) in [5.74, 6) is 0. The van der Waals surface area contributed by atoms with Crippen LogP contribution in [-0.4, -0.2) is 29.2 Å². The number of nitrogens with zero attached hydrogens (tertiary/aromatic N) is 1. The zero-order chi connectivity index (χ0) is 11.7. The van der Waals surface area contributed by atoms with Gasteiger partial charge in [0.1, 0.15) is 0 Å². The van der Waals surface area contributed by atoms with Crippen LogP contribution in [0.1, 0.15) is 31.4 Å². The second-order valence-corrected chi connectivity index (χ2v) is 5.15. The summed E-state index contributed by atoms with van der Waals surface area (Å²) in [4.78, 5) is 2.32. The third kappa shape index (κ3) is 2.40. The normalized spacial score (nSPS) is 31.6. The second kappa shape index (κ2) is 4.74. The Morgan fingerprint density at radius 1 is 1.38 bits per heavy atom. The summed E-state index contributed by atoms with van der Waals surface area (Å²) in [5, 5.41) is 10.6. The van der Waals surface area contributed by atoms with Crippen molar-refractivity contribution in [3.05, 3.63) is 34.9 Å². The molecule has 0 unspecified atom stereocenters. The summed E-state index contributed by atoms with van der Waals surface area (Å²) >= 11 is 6.00. The van der Waals surface area contributed by atoms with Gasteiger partial charge in [-0.2, -0.15) is 0 Å². The molecule has 1 heterocycles. The SMILES string of the molecule is C[C@@H]1C[C@@H](O)C[C@H](c2cccc(Cl)c2)N1C. The summed E-state index contributed by atoms with van der Waals surface area (Å²) in [6.45, 7) is 2.15. The van der Waals surface area contributed by atoms with E-state index in [1.807, 2.05) is 18.2 Å². The van der Waals surface area contributed by atoms with Gasteiger partial charge in [-0.25, -0.2) is 0 Å². The van der Waals surface area contributed by atoms with Gasteiger partial charge in [0.2, 0.25) is 0 Å². The molecule has 0 spiro atoms. The predicted molar refractivity (Wildman–Crippen MR) is 66.7 cm³/mol. The number of rotatable bonds is 1. The van der Waals surface area contributed by atoms with E-state index in [0.717, 1.165) is 17.9 Å². The lowest BCUT2D eigenvalue weighted by molar-refractivity contribution is 0.0216. The van der Waals surface area contributed by atoms with Gasteiger partial charge in [-0.05, 0) is 44.5 Å². The molecule has 1 aromatic carbocycles. The maximum absolute atomic E-state index is 9.84. The molecule has 1 N–H and O–H groups in total. The highest BCUT2D eigenvalue weighted by atomic mass is 35.5. The highest BCUT2D eigenvalue weighted by Gasteiger charge is 2.30. The van der Waals surface area contributed by atoms with Crippen molar-refractivity contribution >= 4 is 11.6 Å². The van der Waals surface area contributed by atoms with Crippen LogP contribution in [0, 0.1) is 0 Å². The third-order valence-corrected chi connectivity index (χ3v) is 3.76. The van der Waals surface area contributed by atoms with E-state index in [0.29, 0.717) is 6.04 Å². The molecule has 3 heteroatoms. The van der Waals surface area contributed by atoms with Crippen LogP contribution < -0.4 is 0 Å². The molecule has 0 amide bonds. The van der Waals surface area contributed by atoms with Crippen LogP contribution in [0.15, 0.2) is 24.3 Å². The van der Waals surface area contributed by atoms with Crippen LogP contribution in [0.2, 0.25) is 5.02 Å². The van der Waals surface area contributed by atoms with E-state index in [4.69, 9.17) is 11.6 Å². The highest BCUT2D eigenvalue weighted by Crippen LogP contribution is 2.33. The average Bonchev–Trinajstić information content (AvgIpc) is 2.23. The molecule has 16 heavy (non-hydrogen) atoms. The van der Waals surface area contributed by atoms with Gasteiger partial charge in [-0.1, -0.05) is 23.7 Å². The van der Waals surface area contributed by atoms with Crippen LogP contribution in [0.4, 0.5) is 0 Å². The minimum absolute atomic E-state index is 0.199. The fraction of sp³-hybridized carbons (Fsp3) is 0.538. The van der Waals surface area contributed by atoms with Crippen molar-refractivity contribution in [2.45, 2.75) is 38.0 Å². The highest BCUT2D eigenvalue weighted by molar-refractivity contribution is 6.30. The Labute approximate surface area is 102 Å². The van der Waals surface area contributed by atoms with Crippen molar-refractivity contribution in [2.75, 3.05) is 7.05 Å². The first kappa shape index (κ1) is 11.9. The molecule has 3 atom stereocenters. The lowest BCUT2D eigenvalue weighted by Crippen LogP contribution is -2.42. The van der Waals surface area contributed by atoms with E-state index in [1.165, 1.54) is 5.56 Å². The first-order chi connectivity index (χ1) is 7.58. The van der Waals surface area contributed by atoms with Gasteiger partial charge in [0.25, 0.3) is 0 Å². The van der Waals surface area contributed by atoms with Crippen molar-refractivity contribution < 1.29 is 5.11 Å². The molecule has 2 nitrogen and oxygen atoms in total. The molecule has 0 bridgehead atoms. The summed E-state index contributed by atoms with van der Waals surface area (Å²) in [6.07, 6.45) is 1.45. The van der Waals surface area contributed by atoms with Gasteiger partial charge in [0.15, 0.2) is 0 Å². The summed E-state index contributed by atoms with van der Waals surface area (Å²) in [7, 11) is 2.11. The van der Waals surface area contributed by atoms with Gasteiger partial charge in [0.05, 0.1) is 6.10 Å². The number of hydrogen-bond donors (Lipinski definition) is 1. The van der Waals surface area contributed by atoms with Crippen LogP contribution in [0.3, 0.4) is 0 Å². The van der Waals surface area contributed by atoms with Gasteiger partial charge in [-0.3, -0.25) is 4.90 Å². The number of aliphatic hydroxyl groups is 1. The van der Waals surface area contributed by atoms with Gasteiger partial charge >= 0.3 is 0 Å². The third-order valence-electron chi connectivity index (χ3n) is 3.53. The maximum atomic E-state index is 9.84. The Morgan fingerprint density at radius 2 is 2.12 bits per heavy atom. The fourth-order valence-corrected chi connectivity index (χ4v) is 2.67. The summed E-state index contributed by atoms with van der Waals surface area (Å²) in [5.41, 5.74) is 1.20. The first-order valence-electron chi connectivity index (χ1n) is 5.73. The van der Waals surface area contributed by atoms with Crippen molar-refractivity contribution in [1.82, 2.24) is 4.90 Å². The zero-order valence-electron chi connectivity index (χ0n) is 9.73. The molecule has 1 aliphatic rings. The lowest BCUT2D eigenvalue weighted by Gasteiger charge is -2.40. The van der Waals surface area contributed by atoms with Crippen LogP contribution in [0.5, 0.6) is 0 Å². The quantitative estimate of drug-likeness (QED) is 0.815. The standard InChI is InChI=1S/C13H18ClNO/c1-9-6-12(16)8-13(15(9)2)10-4-3-5-11(14)7-10/h3-5,7,9,12-13,16H,6,8H2,1-2H3/t9-,12-,13-/m1/s1. The van der Waals surface area contributed by atoms with Crippen LogP contribution in [0.25, 0.3) is 0 Å². The molecule has 1 saturated heterocycles. The van der Waals surface area contributed by atoms with E-state index >= 15 is 0 Å². The van der Waals surface area contributed by atoms with Crippen LogP contribution >= 0.6 is 11.6 Å². The molecule has 1 aromatic rings. The number of aliphatic hydroxyl groups excluding tert-OH is 1. The monoisotopic (exact) mass is 239 g/mol. The number of hydrogen-bond acceptors (Lipinski definition) is 2. The van der Waals surface area contributed by atoms with Crippen molar-refractivity contribution in [2.24, 2.45) is 0 Å². The van der Waals surface area contributed by atoms with Gasteiger partial charge in [-0.15, -0.1) is 0 Å². The first-order valence-corrected chi connectivity index (χ1v) is 6.11. The molecule has 0 radical (unpaired) electrons. The Bertz CT molecular complexity index is 369. The Morgan fingerprint density at radius 3 is 2.81 bits per heavy atom. The molecule has 0 saturated carbocycles. The Hall–Kier alpha value is -0.570. The molecule has 88 valence electrons. The number of likely N-dealkylation sites (tertiary alicyclic amines) is 1. The molecular formula is C13H18ClNO. The molecule has 1 aliphatic heterocycles. The van der Waals surface area contributed by atoms with Crippen LogP contribution in [-0.2, 0) is 0 Å². The van der Waals surface area contributed by atoms with E-state index in [2.05, 4.69) is 24.9 Å². The molecule has 2 rings (SSSR count). The molecule has 1 fully saturated rings. The topological polar surface area (TPSA) is 23.5 Å². The smallest absolute Gasteiger partial charge is 0.0573 e. The molecule has 0 aliphatic carbocycles. The second-order valence-electron chi connectivity index (χ2n) is 4.71. The Balaban J connectivity index is 2.25. The predicted octanol–water partition coefficient (Wildman–Crippen LogP) is 2.86. The van der Waals surface area contributed by atoms with Crippen molar-refractivity contribution in [1.29, 1.82) is 0 Å². The van der Waals surface area contributed by atoms with Gasteiger partial charge in [0, 0.05) is 17.1 Å². The number of halogens is 1. The van der Waals surface area contributed by atoms with Crippen molar-refractivity contribution in [3.8, 4) is 0 Å². The minimum Gasteiger partial charge on any atom is -0.393 e. The van der Waals surface area contributed by atoms with E-state index in [9.17, 15) is 5.11 Å². The maximum Gasteiger partial charge on any atom is 0.0573 e.